The first kappa shape index (κ1) is 22.3. The van der Waals surface area contributed by atoms with Gasteiger partial charge in [0.15, 0.2) is 0 Å². The van der Waals surface area contributed by atoms with Gasteiger partial charge in [0.25, 0.3) is 5.91 Å². The molecule has 2 fully saturated rings. The topological polar surface area (TPSA) is 83.6 Å². The Kier molecular flexibility index (Phi) is 5.73. The second-order valence-electron chi connectivity index (χ2n) is 9.52. The van der Waals surface area contributed by atoms with Gasteiger partial charge in [-0.25, -0.2) is 0 Å². The molecule has 1 aliphatic carbocycles. The van der Waals surface area contributed by atoms with Gasteiger partial charge in [0.05, 0.1) is 11.1 Å². The van der Waals surface area contributed by atoms with Crippen LogP contribution in [0.1, 0.15) is 47.7 Å². The van der Waals surface area contributed by atoms with E-state index in [0.29, 0.717) is 29.6 Å². The Morgan fingerprint density at radius 3 is 2.71 bits per heavy atom. The number of likely N-dealkylation sites (N-methyl/N-ethyl adjacent to an activating group) is 1. The molecule has 176 valence electrons. The first-order valence-corrected chi connectivity index (χ1v) is 11.8. The lowest BCUT2D eigenvalue weighted by Crippen LogP contribution is -2.48. The van der Waals surface area contributed by atoms with Gasteiger partial charge in [-0.15, -0.1) is 0 Å². The van der Waals surface area contributed by atoms with E-state index >= 15 is 0 Å². The molecule has 2 aromatic carbocycles. The number of nitrogens with one attached hydrogen (secondary N) is 2. The maximum atomic E-state index is 13.4. The summed E-state index contributed by atoms with van der Waals surface area (Å²) in [5, 5.41) is 7.13. The number of fused-ring (bicyclic) bond motifs is 1. The molecule has 1 saturated carbocycles. The van der Waals surface area contributed by atoms with E-state index in [4.69, 9.17) is 4.74 Å². The zero-order valence-corrected chi connectivity index (χ0v) is 19.9. The number of aryl methyl sites for hydroxylation is 1. The summed E-state index contributed by atoms with van der Waals surface area (Å²) in [4.78, 5) is 31.9. The van der Waals surface area contributed by atoms with Crippen molar-refractivity contribution in [1.29, 1.82) is 0 Å². The Morgan fingerprint density at radius 2 is 2.03 bits per heavy atom. The summed E-state index contributed by atoms with van der Waals surface area (Å²) in [6.45, 7) is 5.15. The zero-order valence-electron chi connectivity index (χ0n) is 19.9. The number of likely N-dealkylation sites (tertiary alicyclic amines) is 1. The van der Waals surface area contributed by atoms with Gasteiger partial charge in [-0.2, -0.15) is 0 Å². The maximum Gasteiger partial charge on any atom is 0.252 e. The number of amides is 2. The van der Waals surface area contributed by atoms with Crippen molar-refractivity contribution in [3.8, 4) is 5.75 Å². The first-order valence-electron chi connectivity index (χ1n) is 11.8. The van der Waals surface area contributed by atoms with Gasteiger partial charge < -0.3 is 15.4 Å². The molecule has 2 heterocycles. The summed E-state index contributed by atoms with van der Waals surface area (Å²) in [6, 6.07) is 13.9. The lowest BCUT2D eigenvalue weighted by Gasteiger charge is -2.37. The van der Waals surface area contributed by atoms with Crippen LogP contribution in [-0.4, -0.2) is 47.9 Å². The normalized spacial score (nSPS) is 18.7. The second kappa shape index (κ2) is 8.72. The Balaban J connectivity index is 1.40. The van der Waals surface area contributed by atoms with Crippen molar-refractivity contribution in [2.45, 2.75) is 44.7 Å². The van der Waals surface area contributed by atoms with Gasteiger partial charge in [0.1, 0.15) is 12.4 Å². The lowest BCUT2D eigenvalue weighted by atomic mass is 9.97. The van der Waals surface area contributed by atoms with Crippen LogP contribution >= 0.6 is 0 Å². The van der Waals surface area contributed by atoms with Crippen molar-refractivity contribution in [3.63, 3.8) is 0 Å². The Labute approximate surface area is 199 Å². The summed E-state index contributed by atoms with van der Waals surface area (Å²) in [5.41, 5.74) is 3.49. The number of anilines is 1. The van der Waals surface area contributed by atoms with E-state index in [0.717, 1.165) is 47.8 Å². The summed E-state index contributed by atoms with van der Waals surface area (Å²) >= 11 is 0. The van der Waals surface area contributed by atoms with Crippen LogP contribution in [-0.2, 0) is 10.3 Å². The van der Waals surface area contributed by atoms with Crippen LogP contribution in [0.4, 0.5) is 5.69 Å². The number of aromatic nitrogens is 1. The SMILES string of the molecule is CC(=O)Nc1cc(C2(NC(=O)c3cc(OC[C@@H]4CCN4C)ccc3C)CC2)c2cccnc2c1. The van der Waals surface area contributed by atoms with Gasteiger partial charge in [-0.1, -0.05) is 12.1 Å². The monoisotopic (exact) mass is 458 g/mol. The fraction of sp³-hybridized carbons (Fsp3) is 0.370. The summed E-state index contributed by atoms with van der Waals surface area (Å²) in [7, 11) is 2.10. The number of rotatable bonds is 7. The molecule has 7 heteroatoms. The zero-order chi connectivity index (χ0) is 23.9. The fourth-order valence-corrected chi connectivity index (χ4v) is 4.63. The van der Waals surface area contributed by atoms with Crippen LogP contribution in [0.25, 0.3) is 10.9 Å². The molecule has 1 atom stereocenters. The average Bonchev–Trinajstić information content (AvgIpc) is 3.58. The number of carbonyl (C=O) groups excluding carboxylic acids is 2. The van der Waals surface area contributed by atoms with E-state index in [1.54, 1.807) is 6.20 Å². The largest absolute Gasteiger partial charge is 0.492 e. The van der Waals surface area contributed by atoms with E-state index in [-0.39, 0.29) is 11.8 Å². The minimum Gasteiger partial charge on any atom is -0.492 e. The van der Waals surface area contributed by atoms with Gasteiger partial charge >= 0.3 is 0 Å². The molecule has 1 saturated heterocycles. The highest BCUT2D eigenvalue weighted by Crippen LogP contribution is 2.49. The smallest absolute Gasteiger partial charge is 0.252 e. The highest BCUT2D eigenvalue weighted by molar-refractivity contribution is 5.98. The molecule has 0 spiro atoms. The van der Waals surface area contributed by atoms with Crippen LogP contribution in [0.5, 0.6) is 5.75 Å². The average molecular weight is 459 g/mol. The number of hydrogen-bond acceptors (Lipinski definition) is 5. The molecule has 1 aromatic heterocycles. The Hall–Kier alpha value is -3.45. The van der Waals surface area contributed by atoms with Crippen molar-refractivity contribution in [3.05, 3.63) is 65.4 Å². The molecule has 0 bridgehead atoms. The number of hydrogen-bond donors (Lipinski definition) is 2. The molecule has 2 amide bonds. The number of ether oxygens (including phenoxy) is 1. The molecule has 34 heavy (non-hydrogen) atoms. The van der Waals surface area contributed by atoms with E-state index in [1.165, 1.54) is 6.92 Å². The van der Waals surface area contributed by atoms with E-state index in [1.807, 2.05) is 49.4 Å². The van der Waals surface area contributed by atoms with E-state index in [9.17, 15) is 9.59 Å². The van der Waals surface area contributed by atoms with Gasteiger partial charge in [0.2, 0.25) is 5.91 Å². The van der Waals surface area contributed by atoms with Crippen molar-refractivity contribution >= 4 is 28.4 Å². The third-order valence-electron chi connectivity index (χ3n) is 6.99. The molecule has 2 aliphatic rings. The van der Waals surface area contributed by atoms with Gasteiger partial charge in [-0.05, 0) is 81.2 Å². The number of nitrogens with zero attached hydrogens (tertiary/aromatic N) is 2. The highest BCUT2D eigenvalue weighted by Gasteiger charge is 2.47. The molecule has 1 aliphatic heterocycles. The van der Waals surface area contributed by atoms with Crippen LogP contribution in [0.3, 0.4) is 0 Å². The third-order valence-corrected chi connectivity index (χ3v) is 6.99. The predicted molar refractivity (Wildman–Crippen MR) is 132 cm³/mol. The predicted octanol–water partition coefficient (Wildman–Crippen LogP) is 4.00. The molecular formula is C27H30N4O3. The molecular weight excluding hydrogens is 428 g/mol. The number of benzene rings is 2. The highest BCUT2D eigenvalue weighted by atomic mass is 16.5. The minimum absolute atomic E-state index is 0.122. The second-order valence-corrected chi connectivity index (χ2v) is 9.52. The molecule has 0 unspecified atom stereocenters. The minimum atomic E-state index is -0.481. The van der Waals surface area contributed by atoms with Crippen molar-refractivity contribution in [2.75, 3.05) is 25.5 Å². The summed E-state index contributed by atoms with van der Waals surface area (Å²) in [6.07, 6.45) is 4.53. The van der Waals surface area contributed by atoms with Crippen LogP contribution in [0, 0.1) is 6.92 Å². The molecule has 7 nitrogen and oxygen atoms in total. The first-order chi connectivity index (χ1) is 16.3. The van der Waals surface area contributed by atoms with Gasteiger partial charge in [0, 0.05) is 35.8 Å². The third kappa shape index (κ3) is 4.35. The maximum absolute atomic E-state index is 13.4. The van der Waals surface area contributed by atoms with Crippen LogP contribution in [0.15, 0.2) is 48.7 Å². The lowest BCUT2D eigenvalue weighted by molar-refractivity contribution is -0.114. The van der Waals surface area contributed by atoms with Gasteiger partial charge in [-0.3, -0.25) is 19.5 Å². The summed E-state index contributed by atoms with van der Waals surface area (Å²) < 4.78 is 6.00. The van der Waals surface area contributed by atoms with Crippen LogP contribution < -0.4 is 15.4 Å². The fourth-order valence-electron chi connectivity index (χ4n) is 4.63. The Morgan fingerprint density at radius 1 is 1.21 bits per heavy atom. The Bertz CT molecular complexity index is 1270. The number of carbonyl (C=O) groups is 2. The molecule has 2 N–H and O–H groups in total. The molecule has 3 aromatic rings. The van der Waals surface area contributed by atoms with E-state index in [2.05, 4.69) is 27.6 Å². The van der Waals surface area contributed by atoms with Crippen molar-refractivity contribution < 1.29 is 14.3 Å². The molecule has 0 radical (unpaired) electrons. The van der Waals surface area contributed by atoms with Crippen LogP contribution in [0.2, 0.25) is 0 Å². The van der Waals surface area contributed by atoms with E-state index < -0.39 is 5.54 Å². The quantitative estimate of drug-likeness (QED) is 0.559. The van der Waals surface area contributed by atoms with Crippen molar-refractivity contribution in [2.24, 2.45) is 0 Å². The standard InChI is InChI=1S/C27H30N4O3/c1-17-6-7-21(34-16-20-8-12-31(20)3)15-23(17)26(33)30-27(9-10-27)24-13-19(29-18(2)32)14-25-22(24)5-4-11-28-25/h4-7,11,13-15,20H,8-10,12,16H2,1-3H3,(H,29,32)(H,30,33)/t20-/m0/s1. The number of pyridine rings is 1. The molecule has 5 rings (SSSR count). The van der Waals surface area contributed by atoms with Crippen molar-refractivity contribution in [1.82, 2.24) is 15.2 Å². The summed E-state index contributed by atoms with van der Waals surface area (Å²) in [5.74, 6) is 0.446.